The van der Waals surface area contributed by atoms with Crippen LogP contribution in [0.1, 0.15) is 61.4 Å². The summed E-state index contributed by atoms with van der Waals surface area (Å²) >= 11 is 0. The second-order valence-corrected chi connectivity index (χ2v) is 12.7. The Balaban J connectivity index is 2.10. The summed E-state index contributed by atoms with van der Waals surface area (Å²) in [7, 11) is -4.10. The van der Waals surface area contributed by atoms with Gasteiger partial charge >= 0.3 is 0 Å². The highest BCUT2D eigenvalue weighted by Crippen LogP contribution is 2.27. The monoisotopic (exact) mass is 577 g/mol. The molecule has 0 aromatic heterocycles. The molecule has 8 heteroatoms. The molecular weight excluding hydrogens is 534 g/mol. The Morgan fingerprint density at radius 3 is 2.00 bits per heavy atom. The second-order valence-electron chi connectivity index (χ2n) is 10.9. The van der Waals surface area contributed by atoms with Gasteiger partial charge in [-0.2, -0.15) is 0 Å². The lowest BCUT2D eigenvalue weighted by atomic mass is 10.1. The van der Waals surface area contributed by atoms with E-state index in [4.69, 9.17) is 0 Å². The minimum absolute atomic E-state index is 0.0550. The van der Waals surface area contributed by atoms with Crippen LogP contribution in [-0.4, -0.2) is 43.8 Å². The van der Waals surface area contributed by atoms with E-state index in [-0.39, 0.29) is 23.4 Å². The molecule has 0 heterocycles. The number of carbonyl (C=O) groups excluding carboxylic acids is 2. The molecule has 2 atom stereocenters. The summed E-state index contributed by atoms with van der Waals surface area (Å²) in [5.74, 6) is -0.697. The summed E-state index contributed by atoms with van der Waals surface area (Å²) in [5.41, 5.74) is 4.99. The Morgan fingerprint density at radius 1 is 0.829 bits per heavy atom. The van der Waals surface area contributed by atoms with Gasteiger partial charge in [-0.15, -0.1) is 0 Å². The van der Waals surface area contributed by atoms with E-state index >= 15 is 0 Å². The molecule has 220 valence electrons. The summed E-state index contributed by atoms with van der Waals surface area (Å²) in [6, 6.07) is 19.0. The molecule has 0 saturated carbocycles. The van der Waals surface area contributed by atoms with Crippen LogP contribution < -0.4 is 9.62 Å². The normalized spacial score (nSPS) is 12.9. The molecular formula is C33H43N3O4S. The zero-order valence-electron chi connectivity index (χ0n) is 25.3. The third-order valence-electron chi connectivity index (χ3n) is 7.37. The van der Waals surface area contributed by atoms with Gasteiger partial charge in [0.25, 0.3) is 10.0 Å². The first-order valence-electron chi connectivity index (χ1n) is 14.2. The molecule has 0 fully saturated rings. The first-order valence-corrected chi connectivity index (χ1v) is 15.6. The largest absolute Gasteiger partial charge is 0.352 e. The zero-order chi connectivity index (χ0) is 30.3. The van der Waals surface area contributed by atoms with Gasteiger partial charge < -0.3 is 10.2 Å². The number of nitrogens with one attached hydrogen (secondary N) is 1. The van der Waals surface area contributed by atoms with Gasteiger partial charge in [0.2, 0.25) is 11.8 Å². The lowest BCUT2D eigenvalue weighted by Crippen LogP contribution is -2.53. The number of amides is 2. The molecule has 0 aliphatic rings. The summed E-state index contributed by atoms with van der Waals surface area (Å²) < 4.78 is 29.3. The van der Waals surface area contributed by atoms with Crippen molar-refractivity contribution in [1.82, 2.24) is 10.2 Å². The van der Waals surface area contributed by atoms with Crippen molar-refractivity contribution in [3.05, 3.63) is 94.5 Å². The topological polar surface area (TPSA) is 86.8 Å². The van der Waals surface area contributed by atoms with Gasteiger partial charge in [-0.05, 0) is 94.0 Å². The van der Waals surface area contributed by atoms with E-state index in [1.807, 2.05) is 78.8 Å². The average Bonchev–Trinajstić information content (AvgIpc) is 2.92. The van der Waals surface area contributed by atoms with Crippen LogP contribution in [0.2, 0.25) is 0 Å². The van der Waals surface area contributed by atoms with Gasteiger partial charge in [0.15, 0.2) is 0 Å². The summed E-state index contributed by atoms with van der Waals surface area (Å²) in [4.78, 5) is 29.3. The molecule has 2 amide bonds. The Hall–Kier alpha value is -3.65. The third-order valence-corrected chi connectivity index (χ3v) is 9.16. The number of anilines is 1. The standard InChI is InChI=1S/C33H43N3O4S/c1-8-27(7)34-33(38)31(9-2)35(21-28-13-11-10-12-26(28)6)32(37)22-36(29-19-24(4)18-25(5)20-29)41(39,40)30-16-14-23(3)15-17-30/h10-20,27,31H,8-9,21-22H2,1-7H3,(H,34,38)/t27-,31+/m1/s1. The second kappa shape index (κ2) is 13.8. The SMILES string of the molecule is CC[C@@H](C)NC(=O)[C@H](CC)N(Cc1ccccc1C)C(=O)CN(c1cc(C)cc(C)c1)S(=O)(=O)c1ccc(C)cc1. The van der Waals surface area contributed by atoms with Crippen LogP contribution in [0.5, 0.6) is 0 Å². The molecule has 0 unspecified atom stereocenters. The van der Waals surface area contributed by atoms with Crippen LogP contribution in [0.3, 0.4) is 0 Å². The molecule has 0 saturated heterocycles. The quantitative estimate of drug-likeness (QED) is 0.293. The van der Waals surface area contributed by atoms with Crippen LogP contribution in [0.15, 0.2) is 71.6 Å². The highest BCUT2D eigenvalue weighted by molar-refractivity contribution is 7.92. The van der Waals surface area contributed by atoms with Gasteiger partial charge in [-0.3, -0.25) is 13.9 Å². The van der Waals surface area contributed by atoms with Gasteiger partial charge in [0, 0.05) is 12.6 Å². The summed E-state index contributed by atoms with van der Waals surface area (Å²) in [6.45, 7) is 13.2. The van der Waals surface area contributed by atoms with Crippen molar-refractivity contribution in [2.45, 2.75) is 84.8 Å². The fraction of sp³-hybridized carbons (Fsp3) is 0.394. The minimum Gasteiger partial charge on any atom is -0.352 e. The van der Waals surface area contributed by atoms with Crippen LogP contribution >= 0.6 is 0 Å². The highest BCUT2D eigenvalue weighted by atomic mass is 32.2. The van der Waals surface area contributed by atoms with Crippen LogP contribution in [-0.2, 0) is 26.2 Å². The Labute approximate surface area is 245 Å². The molecule has 3 aromatic rings. The van der Waals surface area contributed by atoms with Gasteiger partial charge in [-0.25, -0.2) is 8.42 Å². The van der Waals surface area contributed by atoms with Gasteiger partial charge in [0.05, 0.1) is 10.6 Å². The predicted molar refractivity (Wildman–Crippen MR) is 165 cm³/mol. The number of sulfonamides is 1. The lowest BCUT2D eigenvalue weighted by molar-refractivity contribution is -0.140. The number of aryl methyl sites for hydroxylation is 4. The van der Waals surface area contributed by atoms with Crippen molar-refractivity contribution in [3.63, 3.8) is 0 Å². The number of hydrogen-bond donors (Lipinski definition) is 1. The fourth-order valence-electron chi connectivity index (χ4n) is 4.79. The Kier molecular flexibility index (Phi) is 10.7. The third kappa shape index (κ3) is 7.97. The average molecular weight is 578 g/mol. The fourth-order valence-corrected chi connectivity index (χ4v) is 6.19. The van der Waals surface area contributed by atoms with Gasteiger partial charge in [0.1, 0.15) is 12.6 Å². The van der Waals surface area contributed by atoms with Crippen molar-refractivity contribution < 1.29 is 18.0 Å². The number of benzene rings is 3. The smallest absolute Gasteiger partial charge is 0.264 e. The van der Waals surface area contributed by atoms with Crippen molar-refractivity contribution in [2.24, 2.45) is 0 Å². The maximum Gasteiger partial charge on any atom is 0.264 e. The molecule has 0 aliphatic heterocycles. The molecule has 41 heavy (non-hydrogen) atoms. The number of nitrogens with zero attached hydrogens (tertiary/aromatic N) is 2. The van der Waals surface area contributed by atoms with E-state index in [0.717, 1.165) is 34.2 Å². The maximum atomic E-state index is 14.2. The number of rotatable bonds is 12. The maximum absolute atomic E-state index is 14.2. The van der Waals surface area contributed by atoms with Crippen LogP contribution in [0.25, 0.3) is 0 Å². The van der Waals surface area contributed by atoms with E-state index in [2.05, 4.69) is 5.32 Å². The predicted octanol–water partition coefficient (Wildman–Crippen LogP) is 5.84. The highest BCUT2D eigenvalue weighted by Gasteiger charge is 2.34. The summed E-state index contributed by atoms with van der Waals surface area (Å²) in [6.07, 6.45) is 1.14. The van der Waals surface area contributed by atoms with Crippen LogP contribution in [0.4, 0.5) is 5.69 Å². The molecule has 0 bridgehead atoms. The first kappa shape index (κ1) is 31.9. The number of hydrogen-bond acceptors (Lipinski definition) is 4. The zero-order valence-corrected chi connectivity index (χ0v) is 26.1. The van der Waals surface area contributed by atoms with Crippen molar-refractivity contribution in [1.29, 1.82) is 0 Å². The van der Waals surface area contributed by atoms with E-state index < -0.39 is 28.5 Å². The molecule has 0 aliphatic carbocycles. The number of carbonyl (C=O) groups is 2. The first-order chi connectivity index (χ1) is 19.4. The molecule has 1 N–H and O–H groups in total. The summed E-state index contributed by atoms with van der Waals surface area (Å²) in [5, 5.41) is 3.01. The molecule has 3 rings (SSSR count). The van der Waals surface area contributed by atoms with E-state index in [0.29, 0.717) is 12.1 Å². The van der Waals surface area contributed by atoms with Gasteiger partial charge in [-0.1, -0.05) is 61.9 Å². The van der Waals surface area contributed by atoms with E-state index in [1.165, 1.54) is 9.21 Å². The van der Waals surface area contributed by atoms with E-state index in [9.17, 15) is 18.0 Å². The Morgan fingerprint density at radius 2 is 1.44 bits per heavy atom. The lowest BCUT2D eigenvalue weighted by Gasteiger charge is -2.34. The van der Waals surface area contributed by atoms with E-state index in [1.54, 1.807) is 36.4 Å². The molecule has 0 radical (unpaired) electrons. The van der Waals surface area contributed by atoms with Crippen molar-refractivity contribution >= 4 is 27.5 Å². The van der Waals surface area contributed by atoms with Crippen molar-refractivity contribution in [2.75, 3.05) is 10.8 Å². The Bertz CT molecular complexity index is 1450. The molecule has 7 nitrogen and oxygen atoms in total. The minimum atomic E-state index is -4.10. The van der Waals surface area contributed by atoms with Crippen molar-refractivity contribution in [3.8, 4) is 0 Å². The van der Waals surface area contributed by atoms with Crippen LogP contribution in [0, 0.1) is 27.7 Å². The molecule has 3 aromatic carbocycles. The molecule has 0 spiro atoms.